The van der Waals surface area contributed by atoms with Gasteiger partial charge in [-0.1, -0.05) is 23.8 Å². The molecule has 1 amide bonds. The van der Waals surface area contributed by atoms with Crippen LogP contribution in [0, 0.1) is 6.92 Å². The molecular formula is C14H14N2O2. The van der Waals surface area contributed by atoms with Crippen LogP contribution in [0.15, 0.2) is 48.5 Å². The molecule has 92 valence electrons. The predicted octanol–water partition coefficient (Wildman–Crippen LogP) is 3.05. The van der Waals surface area contributed by atoms with Crippen molar-refractivity contribution in [2.45, 2.75) is 6.92 Å². The topological polar surface area (TPSA) is 61.4 Å². The van der Waals surface area contributed by atoms with Crippen molar-refractivity contribution in [1.29, 1.82) is 0 Å². The lowest BCUT2D eigenvalue weighted by atomic mass is 10.1. The minimum absolute atomic E-state index is 0.172. The summed E-state index contributed by atoms with van der Waals surface area (Å²) in [5.41, 5.74) is 4.83. The average molecular weight is 242 g/mol. The van der Waals surface area contributed by atoms with Crippen molar-refractivity contribution >= 4 is 17.3 Å². The number of nitrogens with one attached hydrogen (secondary N) is 2. The summed E-state index contributed by atoms with van der Waals surface area (Å²) < 4.78 is 0. The van der Waals surface area contributed by atoms with Gasteiger partial charge in [-0.3, -0.25) is 15.5 Å². The van der Waals surface area contributed by atoms with Gasteiger partial charge in [-0.05, 0) is 37.3 Å². The Kier molecular flexibility index (Phi) is 3.60. The van der Waals surface area contributed by atoms with E-state index in [2.05, 4.69) is 5.32 Å². The lowest BCUT2D eigenvalue weighted by molar-refractivity contribution is 0.102. The van der Waals surface area contributed by atoms with Gasteiger partial charge in [-0.2, -0.15) is 0 Å². The third-order valence-corrected chi connectivity index (χ3v) is 2.53. The summed E-state index contributed by atoms with van der Waals surface area (Å²) in [6, 6.07) is 14.2. The van der Waals surface area contributed by atoms with Gasteiger partial charge in [0.05, 0.1) is 5.69 Å². The van der Waals surface area contributed by atoms with Crippen LogP contribution >= 0.6 is 0 Å². The maximum absolute atomic E-state index is 12.0. The summed E-state index contributed by atoms with van der Waals surface area (Å²) in [5.74, 6) is -0.172. The zero-order chi connectivity index (χ0) is 13.0. The lowest BCUT2D eigenvalue weighted by Gasteiger charge is -2.07. The third-order valence-electron chi connectivity index (χ3n) is 2.53. The predicted molar refractivity (Wildman–Crippen MR) is 71.0 cm³/mol. The molecule has 0 aliphatic rings. The Labute approximate surface area is 105 Å². The Bertz CT molecular complexity index is 567. The molecule has 0 aliphatic heterocycles. The second kappa shape index (κ2) is 5.33. The highest BCUT2D eigenvalue weighted by molar-refractivity contribution is 6.04. The highest BCUT2D eigenvalue weighted by atomic mass is 16.5. The Hall–Kier alpha value is -2.33. The molecule has 0 spiro atoms. The van der Waals surface area contributed by atoms with Crippen LogP contribution in [0.1, 0.15) is 15.9 Å². The molecule has 4 heteroatoms. The van der Waals surface area contributed by atoms with Crippen molar-refractivity contribution < 1.29 is 10.0 Å². The molecule has 2 aromatic carbocycles. The van der Waals surface area contributed by atoms with Gasteiger partial charge in [0.25, 0.3) is 5.91 Å². The van der Waals surface area contributed by atoms with Crippen LogP contribution in [0.3, 0.4) is 0 Å². The van der Waals surface area contributed by atoms with Crippen molar-refractivity contribution in [2.75, 3.05) is 10.8 Å². The minimum atomic E-state index is -0.172. The number of hydrogen-bond acceptors (Lipinski definition) is 3. The number of carbonyl (C=O) groups excluding carboxylic acids is 1. The summed E-state index contributed by atoms with van der Waals surface area (Å²) in [7, 11) is 0. The fraction of sp³-hybridized carbons (Fsp3) is 0.0714. The Balaban J connectivity index is 2.16. The minimum Gasteiger partial charge on any atom is -0.322 e. The van der Waals surface area contributed by atoms with Crippen LogP contribution in [0.2, 0.25) is 0 Å². The molecule has 4 nitrogen and oxygen atoms in total. The second-order valence-electron chi connectivity index (χ2n) is 4.02. The van der Waals surface area contributed by atoms with Crippen LogP contribution in [-0.2, 0) is 0 Å². The van der Waals surface area contributed by atoms with Crippen LogP contribution in [0.5, 0.6) is 0 Å². The molecule has 0 aromatic heterocycles. The number of hydrogen-bond donors (Lipinski definition) is 3. The number of carbonyl (C=O) groups is 1. The van der Waals surface area contributed by atoms with Crippen molar-refractivity contribution in [1.82, 2.24) is 0 Å². The first-order valence-electron chi connectivity index (χ1n) is 5.57. The van der Waals surface area contributed by atoms with Crippen LogP contribution in [-0.4, -0.2) is 11.1 Å². The molecule has 0 atom stereocenters. The van der Waals surface area contributed by atoms with Crippen LogP contribution < -0.4 is 10.8 Å². The third kappa shape index (κ3) is 2.87. The number of aryl methyl sites for hydroxylation is 1. The summed E-state index contributed by atoms with van der Waals surface area (Å²) in [4.78, 5) is 12.0. The maximum atomic E-state index is 12.0. The van der Waals surface area contributed by atoms with E-state index in [1.54, 1.807) is 30.3 Å². The Morgan fingerprint density at radius 3 is 2.50 bits per heavy atom. The van der Waals surface area contributed by atoms with E-state index in [4.69, 9.17) is 5.21 Å². The van der Waals surface area contributed by atoms with Gasteiger partial charge in [0.1, 0.15) is 0 Å². The van der Waals surface area contributed by atoms with E-state index in [-0.39, 0.29) is 5.91 Å². The van der Waals surface area contributed by atoms with Gasteiger partial charge < -0.3 is 5.32 Å². The van der Waals surface area contributed by atoms with Gasteiger partial charge >= 0.3 is 0 Å². The van der Waals surface area contributed by atoms with Gasteiger partial charge in [-0.15, -0.1) is 0 Å². The van der Waals surface area contributed by atoms with Crippen molar-refractivity contribution in [3.63, 3.8) is 0 Å². The number of anilines is 2. The zero-order valence-electron chi connectivity index (χ0n) is 9.97. The average Bonchev–Trinajstić information content (AvgIpc) is 2.39. The molecule has 2 aromatic rings. The first-order chi connectivity index (χ1) is 8.69. The van der Waals surface area contributed by atoms with Gasteiger partial charge in [0.15, 0.2) is 0 Å². The molecule has 0 aliphatic carbocycles. The quantitative estimate of drug-likeness (QED) is 0.725. The maximum Gasteiger partial charge on any atom is 0.255 e. The molecule has 0 fully saturated rings. The van der Waals surface area contributed by atoms with Crippen molar-refractivity contribution in [3.05, 3.63) is 59.7 Å². The zero-order valence-corrected chi connectivity index (χ0v) is 9.97. The molecule has 0 unspecified atom stereocenters. The monoisotopic (exact) mass is 242 g/mol. The molecule has 0 saturated heterocycles. The van der Waals surface area contributed by atoms with E-state index in [0.29, 0.717) is 16.9 Å². The lowest BCUT2D eigenvalue weighted by Crippen LogP contribution is -2.12. The number of amides is 1. The van der Waals surface area contributed by atoms with E-state index in [9.17, 15) is 4.79 Å². The van der Waals surface area contributed by atoms with E-state index in [0.717, 1.165) is 5.56 Å². The fourth-order valence-corrected chi connectivity index (χ4v) is 1.66. The van der Waals surface area contributed by atoms with Crippen molar-refractivity contribution in [3.8, 4) is 0 Å². The number of benzene rings is 2. The highest BCUT2D eigenvalue weighted by Gasteiger charge is 2.06. The summed E-state index contributed by atoms with van der Waals surface area (Å²) >= 11 is 0. The normalized spacial score (nSPS) is 9.89. The fourth-order valence-electron chi connectivity index (χ4n) is 1.66. The number of rotatable bonds is 3. The van der Waals surface area contributed by atoms with E-state index < -0.39 is 0 Å². The molecule has 18 heavy (non-hydrogen) atoms. The molecule has 0 saturated carbocycles. The first kappa shape index (κ1) is 12.1. The van der Waals surface area contributed by atoms with Gasteiger partial charge in [0, 0.05) is 11.3 Å². The van der Waals surface area contributed by atoms with E-state index in [1.807, 2.05) is 30.6 Å². The van der Waals surface area contributed by atoms with Crippen molar-refractivity contribution in [2.24, 2.45) is 0 Å². The highest BCUT2D eigenvalue weighted by Crippen LogP contribution is 2.15. The smallest absolute Gasteiger partial charge is 0.255 e. The van der Waals surface area contributed by atoms with Crippen LogP contribution in [0.25, 0.3) is 0 Å². The molecule has 3 N–H and O–H groups in total. The summed E-state index contributed by atoms with van der Waals surface area (Å²) in [6.45, 7) is 1.94. The molecule has 0 heterocycles. The van der Waals surface area contributed by atoms with Gasteiger partial charge in [-0.25, -0.2) is 0 Å². The van der Waals surface area contributed by atoms with Gasteiger partial charge in [0.2, 0.25) is 0 Å². The summed E-state index contributed by atoms with van der Waals surface area (Å²) in [6.07, 6.45) is 0. The molecule has 0 radical (unpaired) electrons. The molecule has 0 bridgehead atoms. The SMILES string of the molecule is Cc1cccc(C(=O)Nc2cccc(NO)c2)c1. The first-order valence-corrected chi connectivity index (χ1v) is 5.57. The Morgan fingerprint density at radius 2 is 1.78 bits per heavy atom. The Morgan fingerprint density at radius 1 is 1.06 bits per heavy atom. The summed E-state index contributed by atoms with van der Waals surface area (Å²) in [5, 5.41) is 11.6. The standard InChI is InChI=1S/C14H14N2O2/c1-10-4-2-5-11(8-10)14(17)15-12-6-3-7-13(9-12)16-18/h2-9,16,18H,1H3,(H,15,17). The van der Waals surface area contributed by atoms with Crippen LogP contribution in [0.4, 0.5) is 11.4 Å². The largest absolute Gasteiger partial charge is 0.322 e. The van der Waals surface area contributed by atoms with E-state index >= 15 is 0 Å². The van der Waals surface area contributed by atoms with E-state index in [1.165, 1.54) is 0 Å². The molecular weight excluding hydrogens is 228 g/mol. The molecule has 2 rings (SSSR count). The second-order valence-corrected chi connectivity index (χ2v) is 4.02.